The molecule has 4 aromatic rings. The number of nitrogens with one attached hydrogen (secondary N) is 1. The first kappa shape index (κ1) is 24.9. The Bertz CT molecular complexity index is 1460. The predicted octanol–water partition coefficient (Wildman–Crippen LogP) is 6.15. The zero-order valence-corrected chi connectivity index (χ0v) is 21.1. The van der Waals surface area contributed by atoms with Crippen molar-refractivity contribution in [1.29, 1.82) is 0 Å². The summed E-state index contributed by atoms with van der Waals surface area (Å²) in [5.41, 5.74) is 5.52. The normalized spacial score (nSPS) is 11.1. The average Bonchev–Trinajstić information content (AvgIpc) is 3.28. The minimum atomic E-state index is -0.593. The summed E-state index contributed by atoms with van der Waals surface area (Å²) in [4.78, 5) is 22.9. The van der Waals surface area contributed by atoms with Gasteiger partial charge in [-0.1, -0.05) is 29.8 Å². The van der Waals surface area contributed by atoms with Crippen LogP contribution >= 0.6 is 15.9 Å². The van der Waals surface area contributed by atoms with E-state index < -0.39 is 10.8 Å². The zero-order chi connectivity index (χ0) is 25.7. The third kappa shape index (κ3) is 5.89. The number of amides is 1. The molecule has 184 valence electrons. The first-order chi connectivity index (χ1) is 17.3. The van der Waals surface area contributed by atoms with Crippen molar-refractivity contribution in [2.45, 2.75) is 20.5 Å². The minimum Gasteiger partial charge on any atom is -0.490 e. The molecule has 4 rings (SSSR count). The molecule has 10 heteroatoms. The van der Waals surface area contributed by atoms with Gasteiger partial charge in [-0.3, -0.25) is 14.9 Å². The predicted molar refractivity (Wildman–Crippen MR) is 139 cm³/mol. The Morgan fingerprint density at radius 1 is 1.14 bits per heavy atom. The monoisotopic (exact) mass is 551 g/mol. The minimum absolute atomic E-state index is 0.0170. The van der Waals surface area contributed by atoms with Crippen LogP contribution < -0.4 is 14.9 Å². The van der Waals surface area contributed by atoms with Crippen LogP contribution in [-0.2, 0) is 6.61 Å². The van der Waals surface area contributed by atoms with E-state index >= 15 is 0 Å². The fraction of sp³-hybridized carbons (Fsp3) is 0.154. The molecule has 9 nitrogen and oxygen atoms in total. The summed E-state index contributed by atoms with van der Waals surface area (Å²) in [6.45, 7) is 4.74. The average molecular weight is 552 g/mol. The Hall–Kier alpha value is -4.18. The molecule has 36 heavy (non-hydrogen) atoms. The molecule has 0 aliphatic heterocycles. The van der Waals surface area contributed by atoms with E-state index in [1.165, 1.54) is 30.5 Å². The largest absolute Gasteiger partial charge is 0.490 e. The number of rotatable bonds is 9. The number of hydrogen-bond donors (Lipinski definition) is 1. The highest BCUT2D eigenvalue weighted by atomic mass is 79.9. The fourth-order valence-corrected chi connectivity index (χ4v) is 3.89. The van der Waals surface area contributed by atoms with E-state index in [1.54, 1.807) is 12.1 Å². The summed E-state index contributed by atoms with van der Waals surface area (Å²) in [6.07, 6.45) is 1.46. The Labute approximate surface area is 215 Å². The molecule has 0 fully saturated rings. The lowest BCUT2D eigenvalue weighted by atomic mass is 10.1. The van der Waals surface area contributed by atoms with E-state index in [1.807, 2.05) is 32.0 Å². The van der Waals surface area contributed by atoms with Crippen LogP contribution in [0.25, 0.3) is 11.0 Å². The van der Waals surface area contributed by atoms with Crippen LogP contribution in [0.1, 0.15) is 34.2 Å². The summed E-state index contributed by atoms with van der Waals surface area (Å²) in [7, 11) is 0. The lowest BCUT2D eigenvalue weighted by Crippen LogP contribution is -2.16. The van der Waals surface area contributed by atoms with Gasteiger partial charge in [-0.15, -0.1) is 0 Å². The van der Waals surface area contributed by atoms with Crippen molar-refractivity contribution in [2.24, 2.45) is 5.10 Å². The molecular weight excluding hydrogens is 530 g/mol. The smallest absolute Gasteiger partial charge is 0.307 e. The number of carbonyl (C=O) groups excluding carboxylic acids is 1. The number of nitro groups is 1. The number of ether oxygens (including phenoxy) is 2. The third-order valence-electron chi connectivity index (χ3n) is 5.14. The number of benzene rings is 3. The molecule has 0 aliphatic rings. The van der Waals surface area contributed by atoms with E-state index in [-0.39, 0.29) is 11.4 Å². The van der Waals surface area contributed by atoms with Crippen molar-refractivity contribution in [3.8, 4) is 11.5 Å². The molecule has 0 aliphatic carbocycles. The second-order valence-corrected chi connectivity index (χ2v) is 8.67. The van der Waals surface area contributed by atoms with Crippen LogP contribution in [0.15, 0.2) is 74.7 Å². The lowest BCUT2D eigenvalue weighted by Gasteiger charge is -2.14. The van der Waals surface area contributed by atoms with E-state index in [4.69, 9.17) is 13.9 Å². The van der Waals surface area contributed by atoms with Crippen molar-refractivity contribution < 1.29 is 23.6 Å². The molecule has 0 spiro atoms. The molecule has 1 heterocycles. The van der Waals surface area contributed by atoms with Gasteiger partial charge in [-0.05, 0) is 59.6 Å². The molecule has 0 bridgehead atoms. The first-order valence-electron chi connectivity index (χ1n) is 11.0. The van der Waals surface area contributed by atoms with Gasteiger partial charge in [0.1, 0.15) is 12.2 Å². The SMILES string of the molecule is CCOc1cc(/C=N/NC(=O)c2cc3cc([N+](=O)[O-])ccc3o2)c(Br)cc1OCc1cccc(C)c1. The first-order valence-corrected chi connectivity index (χ1v) is 11.8. The van der Waals surface area contributed by atoms with Crippen molar-refractivity contribution in [1.82, 2.24) is 5.43 Å². The van der Waals surface area contributed by atoms with Crippen molar-refractivity contribution in [3.05, 3.63) is 97.7 Å². The third-order valence-corrected chi connectivity index (χ3v) is 5.83. The van der Waals surface area contributed by atoms with E-state index in [2.05, 4.69) is 32.5 Å². The summed E-state index contributed by atoms with van der Waals surface area (Å²) in [5, 5.41) is 15.4. The van der Waals surface area contributed by atoms with Crippen LogP contribution in [0.4, 0.5) is 5.69 Å². The maximum absolute atomic E-state index is 12.5. The second kappa shape index (κ2) is 11.0. The summed E-state index contributed by atoms with van der Waals surface area (Å²) >= 11 is 3.51. The Morgan fingerprint density at radius 2 is 1.94 bits per heavy atom. The maximum atomic E-state index is 12.5. The van der Waals surface area contributed by atoms with Crippen molar-refractivity contribution >= 4 is 44.7 Å². The van der Waals surface area contributed by atoms with Crippen molar-refractivity contribution in [3.63, 3.8) is 0 Å². The molecule has 0 radical (unpaired) electrons. The molecule has 0 atom stereocenters. The number of nitro benzene ring substituents is 1. The molecule has 1 aromatic heterocycles. The van der Waals surface area contributed by atoms with Crippen molar-refractivity contribution in [2.75, 3.05) is 6.61 Å². The fourth-order valence-electron chi connectivity index (χ4n) is 3.47. The molecule has 0 saturated carbocycles. The number of furan rings is 1. The Kier molecular flexibility index (Phi) is 7.65. The standard InChI is InChI=1S/C26H22BrN3O6/c1-3-34-23-12-19(21(27)13-24(23)35-15-17-6-4-5-16(2)9-17)14-28-29-26(31)25-11-18-10-20(30(32)33)7-8-22(18)36-25/h4-14H,3,15H2,1-2H3,(H,29,31)/b28-14+. The van der Waals surface area contributed by atoms with Gasteiger partial charge in [-0.2, -0.15) is 5.10 Å². The van der Waals surface area contributed by atoms with Gasteiger partial charge in [0.15, 0.2) is 17.3 Å². The number of aryl methyl sites for hydroxylation is 1. The van der Waals surface area contributed by atoms with Gasteiger partial charge < -0.3 is 13.9 Å². The lowest BCUT2D eigenvalue weighted by molar-refractivity contribution is -0.384. The van der Waals surface area contributed by atoms with Gasteiger partial charge in [-0.25, -0.2) is 5.43 Å². The van der Waals surface area contributed by atoms with E-state index in [9.17, 15) is 14.9 Å². The number of carbonyl (C=O) groups is 1. The molecule has 0 saturated heterocycles. The highest BCUT2D eigenvalue weighted by Crippen LogP contribution is 2.34. The summed E-state index contributed by atoms with van der Waals surface area (Å²) in [6, 6.07) is 17.1. The molecular formula is C26H22BrN3O6. The van der Waals surface area contributed by atoms with E-state index in [0.29, 0.717) is 45.7 Å². The van der Waals surface area contributed by atoms with Gasteiger partial charge in [0, 0.05) is 27.6 Å². The number of hydrazone groups is 1. The van der Waals surface area contributed by atoms with Crippen LogP contribution in [-0.4, -0.2) is 23.7 Å². The van der Waals surface area contributed by atoms with Crippen LogP contribution in [0, 0.1) is 17.0 Å². The number of halogens is 1. The topological polar surface area (TPSA) is 116 Å². The molecule has 1 amide bonds. The molecule has 0 unspecified atom stereocenters. The maximum Gasteiger partial charge on any atom is 0.307 e. The van der Waals surface area contributed by atoms with Crippen LogP contribution in [0.2, 0.25) is 0 Å². The quantitative estimate of drug-likeness (QED) is 0.151. The molecule has 3 aromatic carbocycles. The zero-order valence-electron chi connectivity index (χ0n) is 19.5. The van der Waals surface area contributed by atoms with Gasteiger partial charge >= 0.3 is 5.91 Å². The Morgan fingerprint density at radius 3 is 2.69 bits per heavy atom. The number of non-ortho nitro benzene ring substituents is 1. The molecule has 1 N–H and O–H groups in total. The van der Waals surface area contributed by atoms with Gasteiger partial charge in [0.05, 0.1) is 17.7 Å². The van der Waals surface area contributed by atoms with Gasteiger partial charge in [0.2, 0.25) is 0 Å². The number of hydrogen-bond acceptors (Lipinski definition) is 7. The number of nitrogens with zero attached hydrogens (tertiary/aromatic N) is 2. The highest BCUT2D eigenvalue weighted by molar-refractivity contribution is 9.10. The van der Waals surface area contributed by atoms with E-state index in [0.717, 1.165) is 11.1 Å². The van der Waals surface area contributed by atoms with Gasteiger partial charge in [0.25, 0.3) is 5.69 Å². The van der Waals surface area contributed by atoms with Crippen LogP contribution in [0.3, 0.4) is 0 Å². The summed E-state index contributed by atoms with van der Waals surface area (Å²) < 4.78 is 17.9. The van der Waals surface area contributed by atoms with Crippen LogP contribution in [0.5, 0.6) is 11.5 Å². The Balaban J connectivity index is 1.47. The summed E-state index contributed by atoms with van der Waals surface area (Å²) in [5.74, 6) is 0.503. The number of fused-ring (bicyclic) bond motifs is 1. The second-order valence-electron chi connectivity index (χ2n) is 7.82. The highest BCUT2D eigenvalue weighted by Gasteiger charge is 2.15.